The number of carbonyl (C=O) groups excluding carboxylic acids is 1. The predicted molar refractivity (Wildman–Crippen MR) is 70.3 cm³/mol. The molecule has 0 spiro atoms. The minimum atomic E-state index is -1.96. The summed E-state index contributed by atoms with van der Waals surface area (Å²) in [5, 5.41) is 29.0. The van der Waals surface area contributed by atoms with E-state index in [4.69, 9.17) is 5.11 Å². The molecule has 1 aromatic rings. The number of nitrogens with zero attached hydrogens (tertiary/aromatic N) is 3. The average Bonchev–Trinajstić information content (AvgIpc) is 3.13. The lowest BCUT2D eigenvalue weighted by molar-refractivity contribution is -0.156. The molecule has 1 saturated carbocycles. The number of carbonyl (C=O) groups is 2. The maximum absolute atomic E-state index is 11.6. The van der Waals surface area contributed by atoms with Crippen molar-refractivity contribution in [3.63, 3.8) is 0 Å². The van der Waals surface area contributed by atoms with Gasteiger partial charge in [0.1, 0.15) is 6.33 Å². The van der Waals surface area contributed by atoms with Crippen molar-refractivity contribution in [2.75, 3.05) is 12.3 Å². The molecule has 1 amide bonds. The molecule has 1 aliphatic carbocycles. The largest absolute Gasteiger partial charge is 0.479 e. The fraction of sp³-hybridized carbons (Fsp3) is 0.636. The summed E-state index contributed by atoms with van der Waals surface area (Å²) in [5.41, 5.74) is -1.96. The van der Waals surface area contributed by atoms with E-state index in [0.29, 0.717) is 11.2 Å². The van der Waals surface area contributed by atoms with E-state index in [1.807, 2.05) is 4.57 Å². The maximum atomic E-state index is 11.6. The molecule has 0 saturated heterocycles. The van der Waals surface area contributed by atoms with Gasteiger partial charge in [-0.1, -0.05) is 11.8 Å². The van der Waals surface area contributed by atoms with Crippen LogP contribution in [0.1, 0.15) is 25.8 Å². The molecule has 3 N–H and O–H groups in total. The van der Waals surface area contributed by atoms with E-state index in [9.17, 15) is 14.7 Å². The molecule has 0 radical (unpaired) electrons. The second-order valence-electron chi connectivity index (χ2n) is 4.90. The first-order valence-corrected chi connectivity index (χ1v) is 7.13. The van der Waals surface area contributed by atoms with Crippen LogP contribution < -0.4 is 5.32 Å². The van der Waals surface area contributed by atoms with Gasteiger partial charge in [-0.3, -0.25) is 4.79 Å². The second kappa shape index (κ2) is 5.80. The molecule has 110 valence electrons. The molecule has 20 heavy (non-hydrogen) atoms. The Morgan fingerprint density at radius 1 is 1.60 bits per heavy atom. The number of aliphatic hydroxyl groups is 1. The summed E-state index contributed by atoms with van der Waals surface area (Å²) in [7, 11) is 0. The first-order chi connectivity index (χ1) is 9.40. The zero-order chi connectivity index (χ0) is 14.8. The van der Waals surface area contributed by atoms with Crippen LogP contribution in [0.25, 0.3) is 0 Å². The van der Waals surface area contributed by atoms with Crippen molar-refractivity contribution in [2.24, 2.45) is 0 Å². The lowest BCUT2D eigenvalue weighted by atomic mass is 10.1. The highest BCUT2D eigenvalue weighted by atomic mass is 32.2. The monoisotopic (exact) mass is 300 g/mol. The van der Waals surface area contributed by atoms with Crippen molar-refractivity contribution < 1.29 is 19.8 Å². The van der Waals surface area contributed by atoms with Gasteiger partial charge in [0.05, 0.1) is 12.3 Å². The summed E-state index contributed by atoms with van der Waals surface area (Å²) in [5.74, 6) is -1.64. The predicted octanol–water partition coefficient (Wildman–Crippen LogP) is -0.343. The summed E-state index contributed by atoms with van der Waals surface area (Å²) < 4.78 is 1.94. The lowest BCUT2D eigenvalue weighted by Gasteiger charge is -2.18. The molecule has 0 bridgehead atoms. The third-order valence-corrected chi connectivity index (χ3v) is 3.86. The van der Waals surface area contributed by atoms with Crippen LogP contribution in [0.4, 0.5) is 0 Å². The smallest absolute Gasteiger partial charge is 0.337 e. The van der Waals surface area contributed by atoms with E-state index in [1.54, 1.807) is 6.33 Å². The zero-order valence-corrected chi connectivity index (χ0v) is 11.8. The molecule has 8 nitrogen and oxygen atoms in total. The van der Waals surface area contributed by atoms with Gasteiger partial charge in [0.2, 0.25) is 5.91 Å². The van der Waals surface area contributed by atoms with Crippen LogP contribution in [0.2, 0.25) is 0 Å². The Hall–Kier alpha value is -1.61. The molecule has 1 aromatic heterocycles. The molecule has 1 unspecified atom stereocenters. The number of carboxylic acids is 1. The van der Waals surface area contributed by atoms with Gasteiger partial charge in [-0.25, -0.2) is 4.79 Å². The summed E-state index contributed by atoms with van der Waals surface area (Å²) in [6.07, 6.45) is 3.84. The molecule has 2 rings (SSSR count). The Balaban J connectivity index is 1.77. The van der Waals surface area contributed by atoms with Crippen LogP contribution in [-0.4, -0.2) is 54.8 Å². The Labute approximate surface area is 119 Å². The third-order valence-electron chi connectivity index (χ3n) is 2.90. The number of thioether (sulfide) groups is 1. The van der Waals surface area contributed by atoms with Crippen molar-refractivity contribution in [3.05, 3.63) is 6.33 Å². The number of carboxylic acid groups (broad SMARTS) is 1. The SMILES string of the molecule is CC(O)(CNC(=O)CSc1nncn1C1CC1)C(=O)O. The molecule has 1 fully saturated rings. The van der Waals surface area contributed by atoms with Crippen molar-refractivity contribution in [1.82, 2.24) is 20.1 Å². The van der Waals surface area contributed by atoms with Crippen LogP contribution in [0, 0.1) is 0 Å². The van der Waals surface area contributed by atoms with Gasteiger partial charge in [0.15, 0.2) is 10.8 Å². The Morgan fingerprint density at radius 2 is 2.30 bits per heavy atom. The van der Waals surface area contributed by atoms with Gasteiger partial charge < -0.3 is 20.1 Å². The van der Waals surface area contributed by atoms with Crippen LogP contribution >= 0.6 is 11.8 Å². The van der Waals surface area contributed by atoms with Gasteiger partial charge in [-0.05, 0) is 19.8 Å². The standard InChI is InChI=1S/C11H16N4O4S/c1-11(19,9(17)18)5-12-8(16)4-20-10-14-13-6-15(10)7-2-3-7/h6-7,19H,2-5H2,1H3,(H,12,16)(H,17,18). The summed E-state index contributed by atoms with van der Waals surface area (Å²) in [6, 6.07) is 0.434. The molecule has 0 aromatic carbocycles. The van der Waals surface area contributed by atoms with Crippen LogP contribution in [0.5, 0.6) is 0 Å². The minimum absolute atomic E-state index is 0.0983. The van der Waals surface area contributed by atoms with Crippen LogP contribution in [-0.2, 0) is 9.59 Å². The van der Waals surface area contributed by atoms with Crippen molar-refractivity contribution in [3.8, 4) is 0 Å². The molecular formula is C11H16N4O4S. The molecule has 1 aliphatic rings. The lowest BCUT2D eigenvalue weighted by Crippen LogP contribution is -2.46. The third kappa shape index (κ3) is 3.70. The zero-order valence-electron chi connectivity index (χ0n) is 10.9. The number of rotatable bonds is 7. The highest BCUT2D eigenvalue weighted by molar-refractivity contribution is 7.99. The summed E-state index contributed by atoms with van der Waals surface area (Å²) in [4.78, 5) is 22.3. The number of hydrogen-bond acceptors (Lipinski definition) is 6. The van der Waals surface area contributed by atoms with E-state index in [2.05, 4.69) is 15.5 Å². The number of hydrogen-bond donors (Lipinski definition) is 3. The topological polar surface area (TPSA) is 117 Å². The van der Waals surface area contributed by atoms with E-state index < -0.39 is 11.6 Å². The molecule has 0 aliphatic heterocycles. The Bertz CT molecular complexity index is 512. The number of aliphatic carboxylic acids is 1. The average molecular weight is 300 g/mol. The van der Waals surface area contributed by atoms with Crippen molar-refractivity contribution >= 4 is 23.6 Å². The first kappa shape index (κ1) is 14.8. The number of amides is 1. The Kier molecular flexibility index (Phi) is 4.29. The normalized spacial score (nSPS) is 17.5. The van der Waals surface area contributed by atoms with E-state index in [-0.39, 0.29) is 18.2 Å². The number of aromatic nitrogens is 3. The summed E-state index contributed by atoms with van der Waals surface area (Å²) >= 11 is 1.24. The van der Waals surface area contributed by atoms with Crippen LogP contribution in [0.15, 0.2) is 11.5 Å². The van der Waals surface area contributed by atoms with Gasteiger partial charge in [-0.2, -0.15) is 0 Å². The highest BCUT2D eigenvalue weighted by Gasteiger charge is 2.30. The number of nitrogens with one attached hydrogen (secondary N) is 1. The van der Waals surface area contributed by atoms with E-state index in [0.717, 1.165) is 19.8 Å². The van der Waals surface area contributed by atoms with Gasteiger partial charge in [0.25, 0.3) is 0 Å². The van der Waals surface area contributed by atoms with E-state index >= 15 is 0 Å². The molecule has 1 heterocycles. The summed E-state index contributed by atoms with van der Waals surface area (Å²) in [6.45, 7) is 0.795. The van der Waals surface area contributed by atoms with Gasteiger partial charge in [-0.15, -0.1) is 10.2 Å². The molecular weight excluding hydrogens is 284 g/mol. The highest BCUT2D eigenvalue weighted by Crippen LogP contribution is 2.37. The quantitative estimate of drug-likeness (QED) is 0.589. The van der Waals surface area contributed by atoms with Gasteiger partial charge >= 0.3 is 5.97 Å². The molecule has 9 heteroatoms. The van der Waals surface area contributed by atoms with Crippen LogP contribution in [0.3, 0.4) is 0 Å². The van der Waals surface area contributed by atoms with Crippen molar-refractivity contribution in [2.45, 2.75) is 36.6 Å². The van der Waals surface area contributed by atoms with Crippen molar-refractivity contribution in [1.29, 1.82) is 0 Å². The molecule has 1 atom stereocenters. The van der Waals surface area contributed by atoms with Gasteiger partial charge in [0, 0.05) is 6.04 Å². The minimum Gasteiger partial charge on any atom is -0.479 e. The van der Waals surface area contributed by atoms with E-state index in [1.165, 1.54) is 11.8 Å². The first-order valence-electron chi connectivity index (χ1n) is 6.15. The maximum Gasteiger partial charge on any atom is 0.337 e. The fourth-order valence-electron chi connectivity index (χ4n) is 1.47. The Morgan fingerprint density at radius 3 is 2.90 bits per heavy atom. The fourth-order valence-corrected chi connectivity index (χ4v) is 2.28. The second-order valence-corrected chi connectivity index (χ2v) is 5.84.